The van der Waals surface area contributed by atoms with Crippen LogP contribution < -0.4 is 4.74 Å². The van der Waals surface area contributed by atoms with Gasteiger partial charge in [-0.2, -0.15) is 4.31 Å². The monoisotopic (exact) mass is 325 g/mol. The maximum absolute atomic E-state index is 12.7. The van der Waals surface area contributed by atoms with Crippen LogP contribution in [0.15, 0.2) is 23.1 Å². The minimum Gasteiger partial charge on any atom is -0.496 e. The minimum atomic E-state index is -3.44. The molecule has 1 unspecified atom stereocenters. The lowest BCUT2D eigenvalue weighted by atomic mass is 10.2. The molecule has 2 aliphatic rings. The van der Waals surface area contributed by atoms with Crippen LogP contribution in [0.5, 0.6) is 5.75 Å². The number of rotatable bonds is 6. The maximum atomic E-state index is 12.7. The van der Waals surface area contributed by atoms with Gasteiger partial charge in [0.05, 0.1) is 18.1 Å². The van der Waals surface area contributed by atoms with Gasteiger partial charge in [0.2, 0.25) is 10.0 Å². The molecule has 1 aromatic rings. The molecule has 1 atom stereocenters. The third-order valence-electron chi connectivity index (χ3n) is 4.38. The molecule has 0 spiro atoms. The highest BCUT2D eigenvalue weighted by Crippen LogP contribution is 2.31. The predicted molar refractivity (Wildman–Crippen MR) is 83.6 cm³/mol. The van der Waals surface area contributed by atoms with E-state index in [4.69, 9.17) is 9.47 Å². The molecule has 1 aromatic carbocycles. The first-order valence-electron chi connectivity index (χ1n) is 7.77. The number of ether oxygens (including phenoxy) is 2. The number of sulfonamides is 1. The van der Waals surface area contributed by atoms with Crippen LogP contribution in [0.3, 0.4) is 0 Å². The fourth-order valence-electron chi connectivity index (χ4n) is 2.77. The van der Waals surface area contributed by atoms with E-state index in [9.17, 15) is 8.42 Å². The molecule has 0 radical (unpaired) electrons. The van der Waals surface area contributed by atoms with E-state index in [1.807, 2.05) is 6.92 Å². The Morgan fingerprint density at radius 2 is 2.05 bits per heavy atom. The summed E-state index contributed by atoms with van der Waals surface area (Å²) in [4.78, 5) is 0.327. The Hall–Kier alpha value is -1.11. The summed E-state index contributed by atoms with van der Waals surface area (Å²) in [5.41, 5.74) is 0.823. The first kappa shape index (κ1) is 15.8. The number of hydrogen-bond donors (Lipinski definition) is 0. The fraction of sp³-hybridized carbons (Fsp3) is 0.625. The van der Waals surface area contributed by atoms with E-state index < -0.39 is 10.0 Å². The Morgan fingerprint density at radius 1 is 1.27 bits per heavy atom. The first-order chi connectivity index (χ1) is 10.5. The summed E-state index contributed by atoms with van der Waals surface area (Å²) in [5, 5.41) is 0. The van der Waals surface area contributed by atoms with Crippen LogP contribution in [0, 0.1) is 12.8 Å². The van der Waals surface area contributed by atoms with Crippen molar-refractivity contribution in [1.29, 1.82) is 0 Å². The lowest BCUT2D eigenvalue weighted by molar-refractivity contribution is 0.0561. The zero-order valence-corrected chi connectivity index (χ0v) is 13.9. The van der Waals surface area contributed by atoms with Crippen LogP contribution in [0.25, 0.3) is 0 Å². The van der Waals surface area contributed by atoms with Gasteiger partial charge in [0.1, 0.15) is 5.75 Å². The molecule has 122 valence electrons. The Bertz CT molecular complexity index is 640. The summed E-state index contributed by atoms with van der Waals surface area (Å²) in [6.07, 6.45) is 3.32. The van der Waals surface area contributed by atoms with Gasteiger partial charge in [-0.1, -0.05) is 0 Å². The minimum absolute atomic E-state index is 0.0368. The molecule has 0 amide bonds. The van der Waals surface area contributed by atoms with Gasteiger partial charge in [-0.05, 0) is 55.9 Å². The molecule has 1 aliphatic carbocycles. The Labute approximate surface area is 132 Å². The molecule has 1 heterocycles. The molecule has 6 heteroatoms. The van der Waals surface area contributed by atoms with Crippen molar-refractivity contribution >= 4 is 10.0 Å². The van der Waals surface area contributed by atoms with Crippen molar-refractivity contribution in [3.63, 3.8) is 0 Å². The summed E-state index contributed by atoms with van der Waals surface area (Å²) in [7, 11) is -1.86. The third-order valence-corrected chi connectivity index (χ3v) is 6.24. The second-order valence-corrected chi connectivity index (χ2v) is 8.12. The van der Waals surface area contributed by atoms with E-state index in [2.05, 4.69) is 0 Å². The number of nitrogens with zero attached hydrogens (tertiary/aromatic N) is 1. The van der Waals surface area contributed by atoms with E-state index in [1.165, 1.54) is 17.1 Å². The smallest absolute Gasteiger partial charge is 0.243 e. The Balaban J connectivity index is 1.68. The Morgan fingerprint density at radius 3 is 2.68 bits per heavy atom. The topological polar surface area (TPSA) is 55.8 Å². The van der Waals surface area contributed by atoms with Gasteiger partial charge in [0, 0.05) is 19.7 Å². The van der Waals surface area contributed by atoms with Crippen molar-refractivity contribution in [2.24, 2.45) is 5.92 Å². The number of methoxy groups -OCH3 is 1. The molecular formula is C16H23NO4S. The van der Waals surface area contributed by atoms with Gasteiger partial charge in [-0.15, -0.1) is 0 Å². The van der Waals surface area contributed by atoms with Crippen LogP contribution in [-0.2, 0) is 14.8 Å². The van der Waals surface area contributed by atoms with Crippen molar-refractivity contribution in [2.75, 3.05) is 26.8 Å². The van der Waals surface area contributed by atoms with Crippen LogP contribution in [0.1, 0.15) is 24.8 Å². The van der Waals surface area contributed by atoms with Gasteiger partial charge >= 0.3 is 0 Å². The third kappa shape index (κ3) is 3.29. The second kappa shape index (κ2) is 6.18. The van der Waals surface area contributed by atoms with E-state index in [0.29, 0.717) is 29.7 Å². The summed E-state index contributed by atoms with van der Waals surface area (Å²) in [5.74, 6) is 1.40. The van der Waals surface area contributed by atoms with E-state index >= 15 is 0 Å². The summed E-state index contributed by atoms with van der Waals surface area (Å²) in [6.45, 7) is 3.62. The van der Waals surface area contributed by atoms with E-state index in [-0.39, 0.29) is 6.10 Å². The summed E-state index contributed by atoms with van der Waals surface area (Å²) < 4.78 is 38.0. The average molecular weight is 325 g/mol. The van der Waals surface area contributed by atoms with Gasteiger partial charge in [0.25, 0.3) is 0 Å². The van der Waals surface area contributed by atoms with Crippen LogP contribution in [0.2, 0.25) is 0 Å². The van der Waals surface area contributed by atoms with Gasteiger partial charge in [-0.3, -0.25) is 0 Å². The van der Waals surface area contributed by atoms with Crippen LogP contribution >= 0.6 is 0 Å². The normalized spacial score (nSPS) is 22.9. The van der Waals surface area contributed by atoms with Crippen molar-refractivity contribution in [3.05, 3.63) is 23.8 Å². The van der Waals surface area contributed by atoms with Crippen LogP contribution in [-0.4, -0.2) is 45.6 Å². The molecule has 2 fully saturated rings. The maximum Gasteiger partial charge on any atom is 0.243 e. The van der Waals surface area contributed by atoms with Gasteiger partial charge in [0.15, 0.2) is 0 Å². The largest absolute Gasteiger partial charge is 0.496 e. The van der Waals surface area contributed by atoms with Crippen molar-refractivity contribution in [2.45, 2.75) is 37.2 Å². The number of hydrogen-bond acceptors (Lipinski definition) is 4. The lowest BCUT2D eigenvalue weighted by Gasteiger charge is -2.17. The molecule has 1 saturated heterocycles. The first-order valence-corrected chi connectivity index (χ1v) is 9.21. The predicted octanol–water partition coefficient (Wildman–Crippen LogP) is 2.19. The molecule has 0 N–H and O–H groups in total. The zero-order chi connectivity index (χ0) is 15.7. The van der Waals surface area contributed by atoms with Crippen molar-refractivity contribution in [3.8, 4) is 5.75 Å². The molecule has 3 rings (SSSR count). The molecule has 1 aliphatic heterocycles. The molecule has 22 heavy (non-hydrogen) atoms. The van der Waals surface area contributed by atoms with Gasteiger partial charge in [-0.25, -0.2) is 8.42 Å². The van der Waals surface area contributed by atoms with E-state index in [1.54, 1.807) is 25.3 Å². The van der Waals surface area contributed by atoms with E-state index in [0.717, 1.165) is 18.6 Å². The average Bonchev–Trinajstić information content (AvgIpc) is 3.20. The van der Waals surface area contributed by atoms with Crippen molar-refractivity contribution in [1.82, 2.24) is 4.31 Å². The Kier molecular flexibility index (Phi) is 4.43. The standard InChI is InChI=1S/C16H23NO4S/c1-12-9-15(5-6-16(12)20-2)22(18,19)17-8-7-14(10-17)21-11-13-3-4-13/h5-6,9,13-14H,3-4,7-8,10-11H2,1-2H3. The highest BCUT2D eigenvalue weighted by molar-refractivity contribution is 7.89. The highest BCUT2D eigenvalue weighted by atomic mass is 32.2. The molecule has 5 nitrogen and oxygen atoms in total. The van der Waals surface area contributed by atoms with Crippen molar-refractivity contribution < 1.29 is 17.9 Å². The fourth-order valence-corrected chi connectivity index (χ4v) is 4.34. The quantitative estimate of drug-likeness (QED) is 0.804. The molecular weight excluding hydrogens is 302 g/mol. The lowest BCUT2D eigenvalue weighted by Crippen LogP contribution is -2.30. The molecule has 1 saturated carbocycles. The summed E-state index contributed by atoms with van der Waals surface area (Å²) >= 11 is 0. The zero-order valence-electron chi connectivity index (χ0n) is 13.1. The second-order valence-electron chi connectivity index (χ2n) is 6.18. The summed E-state index contributed by atoms with van der Waals surface area (Å²) in [6, 6.07) is 4.99. The van der Waals surface area contributed by atoms with Crippen LogP contribution in [0.4, 0.5) is 0 Å². The molecule has 0 aromatic heterocycles. The SMILES string of the molecule is COc1ccc(S(=O)(=O)N2CCC(OCC3CC3)C2)cc1C. The number of benzene rings is 1. The van der Waals surface area contributed by atoms with Gasteiger partial charge < -0.3 is 9.47 Å². The highest BCUT2D eigenvalue weighted by Gasteiger charge is 2.34. The number of aryl methyl sites for hydroxylation is 1. The molecule has 0 bridgehead atoms.